The largest absolute Gasteiger partial charge is 0.295 e. The van der Waals surface area contributed by atoms with Gasteiger partial charge >= 0.3 is 0 Å². The van der Waals surface area contributed by atoms with Crippen molar-refractivity contribution in [1.29, 1.82) is 0 Å². The highest BCUT2D eigenvalue weighted by atomic mass is 16.1. The molecule has 1 aromatic heterocycles. The van der Waals surface area contributed by atoms with Crippen LogP contribution in [0.3, 0.4) is 0 Å². The molecule has 1 heterocycles. The molecule has 0 unspecified atom stereocenters. The maximum atomic E-state index is 11.9. The second kappa shape index (κ2) is 5.41. The topological polar surface area (TPSA) is 30.0 Å². The Kier molecular flexibility index (Phi) is 3.46. The number of Topliss-reactive ketones (excluding diaryl/α,β-unsaturated/α-hetero) is 1. The molecule has 2 nitrogen and oxygen atoms in total. The Bertz CT molecular complexity index is 671. The molecule has 0 fully saturated rings. The summed E-state index contributed by atoms with van der Waals surface area (Å²) in [4.78, 5) is 16.5. The summed E-state index contributed by atoms with van der Waals surface area (Å²) in [7, 11) is 0. The monoisotopic (exact) mass is 263 g/mol. The number of ketones is 1. The van der Waals surface area contributed by atoms with Crippen LogP contribution in [0.1, 0.15) is 31.9 Å². The van der Waals surface area contributed by atoms with Crippen molar-refractivity contribution >= 4 is 11.4 Å². The van der Waals surface area contributed by atoms with E-state index in [1.807, 2.05) is 31.2 Å². The molecular weight excluding hydrogens is 246 g/mol. The van der Waals surface area contributed by atoms with E-state index in [1.54, 1.807) is 6.20 Å². The van der Waals surface area contributed by atoms with Gasteiger partial charge in [-0.25, -0.2) is 0 Å². The van der Waals surface area contributed by atoms with Gasteiger partial charge in [-0.15, -0.1) is 0 Å². The molecule has 1 aromatic carbocycles. The molecule has 0 atom stereocenters. The number of hydrogen-bond acceptors (Lipinski definition) is 2. The van der Waals surface area contributed by atoms with Crippen LogP contribution in [-0.2, 0) is 4.79 Å². The third-order valence-corrected chi connectivity index (χ3v) is 3.88. The third-order valence-electron chi connectivity index (χ3n) is 3.88. The van der Waals surface area contributed by atoms with E-state index >= 15 is 0 Å². The predicted octanol–water partition coefficient (Wildman–Crippen LogP) is 4.28. The summed E-state index contributed by atoms with van der Waals surface area (Å²) in [6, 6.07) is 14.3. The molecule has 2 aromatic rings. The summed E-state index contributed by atoms with van der Waals surface area (Å²) < 4.78 is 0. The van der Waals surface area contributed by atoms with Crippen molar-refractivity contribution in [2.75, 3.05) is 0 Å². The quantitative estimate of drug-likeness (QED) is 0.809. The zero-order valence-corrected chi connectivity index (χ0v) is 11.6. The van der Waals surface area contributed by atoms with Gasteiger partial charge < -0.3 is 0 Å². The number of nitrogens with zero attached hydrogens (tertiary/aromatic N) is 1. The van der Waals surface area contributed by atoms with Crippen LogP contribution in [0.4, 0.5) is 0 Å². The third kappa shape index (κ3) is 2.29. The standard InChI is InChI=1S/C18H17NO/c1-13-15(9-5-11-17(13)20)18-16(10-6-12-19-18)14-7-3-2-4-8-14/h2-4,6-8,10,12H,5,9,11H2,1H3. The zero-order chi connectivity index (χ0) is 13.9. The second-order valence-corrected chi connectivity index (χ2v) is 5.15. The Balaban J connectivity index is 2.16. The van der Waals surface area contributed by atoms with Crippen LogP contribution in [0.2, 0.25) is 0 Å². The first-order valence-corrected chi connectivity index (χ1v) is 7.01. The molecule has 2 heteroatoms. The normalized spacial score (nSPS) is 15.6. The van der Waals surface area contributed by atoms with Crippen LogP contribution in [0.5, 0.6) is 0 Å². The number of allylic oxidation sites excluding steroid dienone is 2. The van der Waals surface area contributed by atoms with Crippen LogP contribution >= 0.6 is 0 Å². The average Bonchev–Trinajstić information content (AvgIpc) is 2.51. The predicted molar refractivity (Wildman–Crippen MR) is 81.1 cm³/mol. The molecule has 0 aliphatic heterocycles. The minimum absolute atomic E-state index is 0.260. The van der Waals surface area contributed by atoms with Crippen molar-refractivity contribution in [3.05, 3.63) is 59.9 Å². The maximum absolute atomic E-state index is 11.9. The fraction of sp³-hybridized carbons (Fsp3) is 0.222. The zero-order valence-electron chi connectivity index (χ0n) is 11.6. The SMILES string of the molecule is CC1=C(c2ncccc2-c2ccccc2)CCCC1=O. The van der Waals surface area contributed by atoms with Gasteiger partial charge in [-0.1, -0.05) is 36.4 Å². The lowest BCUT2D eigenvalue weighted by Crippen LogP contribution is -2.10. The molecule has 100 valence electrons. The van der Waals surface area contributed by atoms with E-state index in [-0.39, 0.29) is 5.78 Å². The maximum Gasteiger partial charge on any atom is 0.158 e. The Labute approximate surface area is 119 Å². The molecule has 0 radical (unpaired) electrons. The van der Waals surface area contributed by atoms with Gasteiger partial charge in [-0.05, 0) is 42.5 Å². The Morgan fingerprint density at radius 1 is 1.00 bits per heavy atom. The molecule has 1 aliphatic carbocycles. The highest BCUT2D eigenvalue weighted by molar-refractivity contribution is 6.04. The van der Waals surface area contributed by atoms with Crippen molar-refractivity contribution in [2.24, 2.45) is 0 Å². The van der Waals surface area contributed by atoms with Crippen molar-refractivity contribution in [3.63, 3.8) is 0 Å². The van der Waals surface area contributed by atoms with Crippen molar-refractivity contribution in [1.82, 2.24) is 4.98 Å². The first kappa shape index (κ1) is 12.8. The van der Waals surface area contributed by atoms with Gasteiger partial charge in [-0.2, -0.15) is 0 Å². The fourth-order valence-electron chi connectivity index (χ4n) is 2.76. The lowest BCUT2D eigenvalue weighted by molar-refractivity contribution is -0.115. The van der Waals surface area contributed by atoms with Crippen LogP contribution in [-0.4, -0.2) is 10.8 Å². The summed E-state index contributed by atoms with van der Waals surface area (Å²) in [6.45, 7) is 1.93. The van der Waals surface area contributed by atoms with Crippen molar-refractivity contribution in [3.8, 4) is 11.1 Å². The van der Waals surface area contributed by atoms with E-state index in [4.69, 9.17) is 0 Å². The van der Waals surface area contributed by atoms with Crippen LogP contribution < -0.4 is 0 Å². The molecule has 20 heavy (non-hydrogen) atoms. The van der Waals surface area contributed by atoms with Gasteiger partial charge in [0.15, 0.2) is 5.78 Å². The summed E-state index contributed by atoms with van der Waals surface area (Å²) in [5, 5.41) is 0. The van der Waals surface area contributed by atoms with E-state index in [2.05, 4.69) is 23.2 Å². The van der Waals surface area contributed by atoms with E-state index in [1.165, 1.54) is 0 Å². The molecule has 0 amide bonds. The minimum Gasteiger partial charge on any atom is -0.295 e. The van der Waals surface area contributed by atoms with E-state index in [0.29, 0.717) is 6.42 Å². The molecular formula is C18H17NO. The molecule has 0 N–H and O–H groups in total. The Morgan fingerprint density at radius 2 is 1.80 bits per heavy atom. The summed E-state index contributed by atoms with van der Waals surface area (Å²) >= 11 is 0. The molecule has 3 rings (SSSR count). The minimum atomic E-state index is 0.260. The lowest BCUT2D eigenvalue weighted by atomic mass is 9.87. The second-order valence-electron chi connectivity index (χ2n) is 5.15. The molecule has 0 bridgehead atoms. The lowest BCUT2D eigenvalue weighted by Gasteiger charge is -2.18. The number of rotatable bonds is 2. The number of carbonyl (C=O) groups excluding carboxylic acids is 1. The van der Waals surface area contributed by atoms with Gasteiger partial charge in [0.05, 0.1) is 5.69 Å². The Hall–Kier alpha value is -2.22. The number of pyridine rings is 1. The van der Waals surface area contributed by atoms with E-state index in [0.717, 1.165) is 40.8 Å². The summed E-state index contributed by atoms with van der Waals surface area (Å²) in [5.74, 6) is 0.260. The van der Waals surface area contributed by atoms with Crippen molar-refractivity contribution in [2.45, 2.75) is 26.2 Å². The number of hydrogen-bond donors (Lipinski definition) is 0. The smallest absolute Gasteiger partial charge is 0.158 e. The average molecular weight is 263 g/mol. The van der Waals surface area contributed by atoms with Crippen LogP contribution in [0.15, 0.2) is 54.2 Å². The fourth-order valence-corrected chi connectivity index (χ4v) is 2.76. The highest BCUT2D eigenvalue weighted by Gasteiger charge is 2.20. The molecule has 0 spiro atoms. The van der Waals surface area contributed by atoms with Gasteiger partial charge in [0.1, 0.15) is 0 Å². The number of carbonyl (C=O) groups is 1. The van der Waals surface area contributed by atoms with Gasteiger partial charge in [0, 0.05) is 18.2 Å². The first-order valence-electron chi connectivity index (χ1n) is 7.01. The summed E-state index contributed by atoms with van der Waals surface area (Å²) in [5.41, 5.74) is 5.21. The molecule has 0 saturated heterocycles. The Morgan fingerprint density at radius 3 is 2.60 bits per heavy atom. The van der Waals surface area contributed by atoms with Crippen LogP contribution in [0.25, 0.3) is 16.7 Å². The highest BCUT2D eigenvalue weighted by Crippen LogP contribution is 2.34. The molecule has 0 saturated carbocycles. The number of aromatic nitrogens is 1. The molecule has 1 aliphatic rings. The van der Waals surface area contributed by atoms with Crippen LogP contribution in [0, 0.1) is 0 Å². The van der Waals surface area contributed by atoms with Gasteiger partial charge in [0.25, 0.3) is 0 Å². The van der Waals surface area contributed by atoms with Crippen molar-refractivity contribution < 1.29 is 4.79 Å². The van der Waals surface area contributed by atoms with E-state index < -0.39 is 0 Å². The van der Waals surface area contributed by atoms with Gasteiger partial charge in [-0.3, -0.25) is 9.78 Å². The first-order chi connectivity index (χ1) is 9.77. The van der Waals surface area contributed by atoms with Gasteiger partial charge in [0.2, 0.25) is 0 Å². The number of benzene rings is 1. The summed E-state index contributed by atoms with van der Waals surface area (Å²) in [6.07, 6.45) is 4.34. The van der Waals surface area contributed by atoms with E-state index in [9.17, 15) is 4.79 Å².